The van der Waals surface area contributed by atoms with E-state index in [1.165, 1.54) is 19.8 Å². The van der Waals surface area contributed by atoms with Gasteiger partial charge in [0.1, 0.15) is 0 Å². The second-order valence-electron chi connectivity index (χ2n) is 0. The molecular weight excluding hydrogens is 337 g/mol. The van der Waals surface area contributed by atoms with Crippen LogP contribution in [0.4, 0.5) is 0 Å². The number of hydrogen-bond donors (Lipinski definition) is 0. The summed E-state index contributed by atoms with van der Waals surface area (Å²) in [5.41, 5.74) is 0. The summed E-state index contributed by atoms with van der Waals surface area (Å²) in [7, 11) is 2.83. The topological polar surface area (TPSA) is 142 Å². The van der Waals surface area contributed by atoms with Crippen LogP contribution in [0.5, 0.6) is 0 Å². The molecule has 56 valence electrons. The zero-order valence-corrected chi connectivity index (χ0v) is 12.7. The molecule has 0 atom stereocenters. The smallest absolute Gasteiger partial charge is 0.187 e. The molecule has 0 bridgehead atoms. The van der Waals surface area contributed by atoms with Gasteiger partial charge in [-0.25, -0.2) is 0 Å². The first-order chi connectivity index (χ1) is 2.00. The quantitative estimate of drug-likeness (QED) is 0.405. The Morgan fingerprint density at radius 3 is 0.600 bits per heavy atom. The first kappa shape index (κ1) is 82.0. The van der Waals surface area contributed by atoms with E-state index in [0.717, 1.165) is 0 Å². The van der Waals surface area contributed by atoms with E-state index < -0.39 is 0 Å². The van der Waals surface area contributed by atoms with Gasteiger partial charge in [-0.2, -0.15) is 0 Å². The molecular formula is H11AlN2O3Si2Y2. The third-order valence-corrected chi connectivity index (χ3v) is 0. The van der Waals surface area contributed by atoms with Crippen LogP contribution in [0.3, 0.4) is 0 Å². The summed E-state index contributed by atoms with van der Waals surface area (Å²) in [6.45, 7) is 0. The van der Waals surface area contributed by atoms with Gasteiger partial charge in [0, 0.05) is 65.4 Å². The molecule has 0 aliphatic heterocycles. The number of hydrogen-bond acceptors (Lipinski definition) is 2. The summed E-state index contributed by atoms with van der Waals surface area (Å²) >= 11 is 0. The zero-order chi connectivity index (χ0) is 4.00. The standard InChI is InChI=1S/Al.2HNSi.3H2O.2Y.3H/c;2*1-2;;;;;;;;/h;2*2H;3*1H2;;;;;. The summed E-state index contributed by atoms with van der Waals surface area (Å²) in [4.78, 5) is 13.8. The van der Waals surface area contributed by atoms with E-state index in [-0.39, 0.29) is 99.2 Å². The molecule has 2 radical (unpaired) electrons. The van der Waals surface area contributed by atoms with Crippen molar-refractivity contribution >= 4 is 37.1 Å². The molecule has 10 heavy (non-hydrogen) atoms. The summed E-state index contributed by atoms with van der Waals surface area (Å²) in [5.74, 6) is 0. The number of rotatable bonds is 0. The van der Waals surface area contributed by atoms with Gasteiger partial charge >= 0.3 is 0 Å². The fraction of sp³-hybridized carbons (Fsp3) is 0. The van der Waals surface area contributed by atoms with Crippen molar-refractivity contribution in [2.24, 2.45) is 0 Å². The van der Waals surface area contributed by atoms with Crippen molar-refractivity contribution in [1.29, 1.82) is 9.77 Å². The molecule has 5 nitrogen and oxygen atoms in total. The Balaban J connectivity index is -0.000000000833. The van der Waals surface area contributed by atoms with Crippen molar-refractivity contribution in [3.63, 3.8) is 0 Å². The normalized spacial score (nSPS) is 0.400. The first-order valence-electron chi connectivity index (χ1n) is 0.516. The van der Waals surface area contributed by atoms with Gasteiger partial charge in [-0.3, -0.25) is 9.77 Å². The Bertz CT molecular complexity index is 38.0. The van der Waals surface area contributed by atoms with E-state index in [9.17, 15) is 0 Å². The van der Waals surface area contributed by atoms with Crippen LogP contribution in [0, 0.1) is 9.77 Å². The first-order valence-corrected chi connectivity index (χ1v) is 1.55. The molecule has 0 rings (SSSR count). The summed E-state index contributed by atoms with van der Waals surface area (Å²) in [6.07, 6.45) is 0. The van der Waals surface area contributed by atoms with Gasteiger partial charge in [-0.15, -0.1) is 0 Å². The fourth-order valence-electron chi connectivity index (χ4n) is 0. The summed E-state index contributed by atoms with van der Waals surface area (Å²) < 4.78 is 0. The Morgan fingerprint density at radius 1 is 0.600 bits per heavy atom. The van der Waals surface area contributed by atoms with E-state index in [1.807, 2.05) is 0 Å². The van der Waals surface area contributed by atoms with Crippen molar-refractivity contribution < 1.29 is 81.8 Å². The van der Waals surface area contributed by atoms with Crippen LogP contribution in [0.2, 0.25) is 0 Å². The van der Waals surface area contributed by atoms with Gasteiger partial charge in [-0.05, 0) is 0 Å². The molecule has 0 spiro atoms. The Kier molecular flexibility index (Phi) is 1690. The minimum absolute atomic E-state index is 0. The van der Waals surface area contributed by atoms with Crippen LogP contribution in [-0.2, 0) is 65.4 Å². The van der Waals surface area contributed by atoms with Gasteiger partial charge in [-0.1, -0.05) is 0 Å². The third-order valence-electron chi connectivity index (χ3n) is 0. The van der Waals surface area contributed by atoms with Crippen LogP contribution >= 0.6 is 0 Å². The van der Waals surface area contributed by atoms with Gasteiger partial charge in [0.05, 0.1) is 0 Å². The Hall–Kier alpha value is 2.47. The molecule has 0 aliphatic rings. The van der Waals surface area contributed by atoms with Crippen molar-refractivity contribution in [3.05, 3.63) is 0 Å². The van der Waals surface area contributed by atoms with Crippen LogP contribution < -0.4 is 0 Å². The Labute approximate surface area is 127 Å². The summed E-state index contributed by atoms with van der Waals surface area (Å²) in [5, 5.41) is 0. The molecule has 0 heterocycles. The largest absolute Gasteiger partial charge is 0.412 e. The van der Waals surface area contributed by atoms with E-state index in [2.05, 4.69) is 0 Å². The molecule has 0 saturated carbocycles. The minimum Gasteiger partial charge on any atom is -0.412 e. The predicted molar refractivity (Wildman–Crippen MR) is 38.5 cm³/mol. The molecule has 0 aliphatic carbocycles. The van der Waals surface area contributed by atoms with Crippen molar-refractivity contribution in [1.82, 2.24) is 0 Å². The molecule has 0 aromatic rings. The van der Waals surface area contributed by atoms with Gasteiger partial charge < -0.3 is 16.4 Å². The molecule has 10 heteroatoms. The SMILES string of the molecule is N#[SiH].N#[SiH].O.O.O.[AlH3].[Y].[Y]. The van der Waals surface area contributed by atoms with Crippen molar-refractivity contribution in [2.75, 3.05) is 0 Å². The van der Waals surface area contributed by atoms with E-state index in [4.69, 9.17) is 9.77 Å². The van der Waals surface area contributed by atoms with E-state index >= 15 is 0 Å². The second kappa shape index (κ2) is 206. The Morgan fingerprint density at radius 2 is 0.600 bits per heavy atom. The van der Waals surface area contributed by atoms with Crippen LogP contribution in [-0.4, -0.2) is 53.5 Å². The predicted octanol–water partition coefficient (Wildman–Crippen LogP) is -4.93. The van der Waals surface area contributed by atoms with Gasteiger partial charge in [0.2, 0.25) is 0 Å². The molecule has 0 amide bonds. The van der Waals surface area contributed by atoms with Crippen LogP contribution in [0.15, 0.2) is 0 Å². The van der Waals surface area contributed by atoms with Gasteiger partial charge in [0.15, 0.2) is 37.1 Å². The molecule has 0 aromatic heterocycles. The molecule has 0 unspecified atom stereocenters. The summed E-state index contributed by atoms with van der Waals surface area (Å²) in [6, 6.07) is 0. The zero-order valence-electron chi connectivity index (χ0n) is 4.70. The average Bonchev–Trinajstić information content (AvgIpc) is 1.50. The molecule has 0 saturated heterocycles. The average molecular weight is 348 g/mol. The van der Waals surface area contributed by atoms with Crippen molar-refractivity contribution in [2.45, 2.75) is 0 Å². The molecule has 0 fully saturated rings. The van der Waals surface area contributed by atoms with E-state index in [0.29, 0.717) is 0 Å². The second-order valence-corrected chi connectivity index (χ2v) is 0. The maximum absolute atomic E-state index is 6.92. The van der Waals surface area contributed by atoms with Crippen LogP contribution in [0.25, 0.3) is 0 Å². The minimum atomic E-state index is 0. The molecule has 6 N–H and O–H groups in total. The monoisotopic (exact) mass is 348 g/mol. The maximum Gasteiger partial charge on any atom is 0.187 e. The van der Waals surface area contributed by atoms with Crippen molar-refractivity contribution in [3.8, 4) is 0 Å². The van der Waals surface area contributed by atoms with E-state index in [1.54, 1.807) is 0 Å². The molecule has 0 aromatic carbocycles. The van der Waals surface area contributed by atoms with Gasteiger partial charge in [0.25, 0.3) is 0 Å². The third kappa shape index (κ3) is 154. The maximum atomic E-state index is 6.92. The number of nitrogens with zero attached hydrogens (tertiary/aromatic N) is 2. The fourth-order valence-corrected chi connectivity index (χ4v) is 0. The van der Waals surface area contributed by atoms with Crippen LogP contribution in [0.1, 0.15) is 0 Å².